The molecule has 0 saturated carbocycles. The molecule has 0 spiro atoms. The third-order valence-corrected chi connectivity index (χ3v) is 5.72. The average Bonchev–Trinajstić information content (AvgIpc) is 2.70. The van der Waals surface area contributed by atoms with E-state index in [0.717, 1.165) is 22.3 Å². The predicted molar refractivity (Wildman–Crippen MR) is 118 cm³/mol. The quantitative estimate of drug-likeness (QED) is 0.472. The Balaban J connectivity index is 2.33. The Morgan fingerprint density at radius 2 is 2.10 bits per heavy atom. The highest BCUT2D eigenvalue weighted by Crippen LogP contribution is 2.39. The molecule has 0 saturated heterocycles. The fourth-order valence-corrected chi connectivity index (χ4v) is 3.97. The van der Waals surface area contributed by atoms with E-state index < -0.39 is 11.9 Å². The van der Waals surface area contributed by atoms with E-state index in [4.69, 9.17) is 16.7 Å². The first kappa shape index (κ1) is 25.0. The molecule has 170 valence electrons. The molecule has 1 aromatic rings. The number of benzene rings is 1. The highest BCUT2D eigenvalue weighted by Gasteiger charge is 2.31. The minimum atomic E-state index is -2.66. The van der Waals surface area contributed by atoms with E-state index in [2.05, 4.69) is 5.32 Å². The number of allylic oxidation sites excluding steroid dienone is 2. The number of carbonyl (C=O) groups excluding carboxylic acids is 1. The SMILES string of the molecule is CNC(/C(=C\N(C=O)CCC(=O)O)C(C)C)c1ccc(C2=CCC(F)(F)CC2)c(Cl)c1. The lowest BCUT2D eigenvalue weighted by Crippen LogP contribution is -2.26. The van der Waals surface area contributed by atoms with Gasteiger partial charge in [0.1, 0.15) is 0 Å². The smallest absolute Gasteiger partial charge is 0.305 e. The number of amides is 1. The Hall–Kier alpha value is -2.25. The number of aliphatic carboxylic acids is 1. The Labute approximate surface area is 186 Å². The minimum absolute atomic E-state index is 0.0615. The minimum Gasteiger partial charge on any atom is -0.481 e. The van der Waals surface area contributed by atoms with Gasteiger partial charge in [-0.15, -0.1) is 0 Å². The number of alkyl halides is 2. The van der Waals surface area contributed by atoms with E-state index in [-0.39, 0.29) is 44.2 Å². The van der Waals surface area contributed by atoms with E-state index in [1.807, 2.05) is 32.0 Å². The summed E-state index contributed by atoms with van der Waals surface area (Å²) in [6, 6.07) is 5.29. The summed E-state index contributed by atoms with van der Waals surface area (Å²) in [5, 5.41) is 12.6. The maximum atomic E-state index is 13.5. The zero-order valence-corrected chi connectivity index (χ0v) is 18.8. The summed E-state index contributed by atoms with van der Waals surface area (Å²) >= 11 is 6.53. The molecule has 2 N–H and O–H groups in total. The molecule has 1 amide bonds. The Bertz CT molecular complexity index is 868. The second kappa shape index (κ2) is 10.9. The number of likely N-dealkylation sites (N-methyl/N-ethyl adjacent to an activating group) is 1. The van der Waals surface area contributed by atoms with E-state index in [0.29, 0.717) is 11.4 Å². The number of nitrogens with zero attached hydrogens (tertiary/aromatic N) is 1. The number of rotatable bonds is 10. The standard InChI is InChI=1S/C23H29ClF2N2O3/c1-15(2)19(13-28(14-29)11-8-21(30)31)22(27-3)17-4-5-18(20(24)12-17)16-6-9-23(25,26)10-7-16/h4-6,12-15,22,27H,7-11H2,1-3H3,(H,30,31)/b19-13-. The average molecular weight is 455 g/mol. The molecule has 0 aliphatic heterocycles. The molecule has 5 nitrogen and oxygen atoms in total. The monoisotopic (exact) mass is 454 g/mol. The highest BCUT2D eigenvalue weighted by molar-refractivity contribution is 6.32. The van der Waals surface area contributed by atoms with Crippen LogP contribution in [0.5, 0.6) is 0 Å². The van der Waals surface area contributed by atoms with Crippen molar-refractivity contribution in [2.24, 2.45) is 5.92 Å². The third-order valence-electron chi connectivity index (χ3n) is 5.40. The molecule has 0 fully saturated rings. The Kier molecular flexibility index (Phi) is 8.77. The van der Waals surface area contributed by atoms with E-state index in [1.165, 1.54) is 4.90 Å². The fourth-order valence-electron chi connectivity index (χ4n) is 3.66. The molecule has 8 heteroatoms. The normalized spacial score (nSPS) is 17.3. The molecular formula is C23H29ClF2N2O3. The van der Waals surface area contributed by atoms with Crippen LogP contribution in [0.4, 0.5) is 8.78 Å². The second-order valence-electron chi connectivity index (χ2n) is 8.02. The molecule has 1 aromatic carbocycles. The maximum Gasteiger partial charge on any atom is 0.305 e. The van der Waals surface area contributed by atoms with Gasteiger partial charge in [0.25, 0.3) is 5.92 Å². The van der Waals surface area contributed by atoms with E-state index in [9.17, 15) is 18.4 Å². The van der Waals surface area contributed by atoms with Crippen molar-refractivity contribution >= 4 is 29.6 Å². The number of halogens is 3. The molecule has 0 aromatic heterocycles. The summed E-state index contributed by atoms with van der Waals surface area (Å²) in [5.41, 5.74) is 3.33. The van der Waals surface area contributed by atoms with Crippen molar-refractivity contribution < 1.29 is 23.5 Å². The Morgan fingerprint density at radius 3 is 2.58 bits per heavy atom. The van der Waals surface area contributed by atoms with Crippen molar-refractivity contribution in [1.29, 1.82) is 0 Å². The van der Waals surface area contributed by atoms with E-state index in [1.54, 1.807) is 19.3 Å². The van der Waals surface area contributed by atoms with Gasteiger partial charge in [-0.05, 0) is 47.7 Å². The van der Waals surface area contributed by atoms with Crippen LogP contribution in [0.2, 0.25) is 5.02 Å². The van der Waals surface area contributed by atoms with Crippen molar-refractivity contribution in [3.63, 3.8) is 0 Å². The van der Waals surface area contributed by atoms with Crippen molar-refractivity contribution in [1.82, 2.24) is 10.2 Å². The van der Waals surface area contributed by atoms with Crippen LogP contribution in [-0.4, -0.2) is 41.9 Å². The van der Waals surface area contributed by atoms with E-state index >= 15 is 0 Å². The number of hydrogen-bond acceptors (Lipinski definition) is 3. The van der Waals surface area contributed by atoms with Crippen LogP contribution in [0.3, 0.4) is 0 Å². The van der Waals surface area contributed by atoms with Crippen LogP contribution in [0, 0.1) is 5.92 Å². The third kappa shape index (κ3) is 6.87. The van der Waals surface area contributed by atoms with Crippen LogP contribution in [0.1, 0.15) is 56.7 Å². The summed E-state index contributed by atoms with van der Waals surface area (Å²) in [4.78, 5) is 23.6. The van der Waals surface area contributed by atoms with Crippen molar-refractivity contribution in [3.05, 3.63) is 52.2 Å². The van der Waals surface area contributed by atoms with Crippen LogP contribution in [0.15, 0.2) is 36.0 Å². The molecule has 1 aliphatic rings. The summed E-state index contributed by atoms with van der Waals surface area (Å²) in [6.07, 6.45) is 3.50. The first-order chi connectivity index (χ1) is 14.6. The fraction of sp³-hybridized carbons (Fsp3) is 0.478. The van der Waals surface area contributed by atoms with Crippen LogP contribution >= 0.6 is 11.6 Å². The van der Waals surface area contributed by atoms with Gasteiger partial charge in [0.15, 0.2) is 0 Å². The summed E-state index contributed by atoms with van der Waals surface area (Å²) in [6.45, 7) is 4.04. The molecular weight excluding hydrogens is 426 g/mol. The lowest BCUT2D eigenvalue weighted by Gasteiger charge is -2.27. The van der Waals surface area contributed by atoms with Gasteiger partial charge in [-0.25, -0.2) is 8.78 Å². The highest BCUT2D eigenvalue weighted by atomic mass is 35.5. The van der Waals surface area contributed by atoms with Crippen LogP contribution in [0.25, 0.3) is 5.57 Å². The van der Waals surface area contributed by atoms with Gasteiger partial charge in [0.2, 0.25) is 6.41 Å². The van der Waals surface area contributed by atoms with Gasteiger partial charge in [0, 0.05) is 30.6 Å². The number of carboxylic acid groups (broad SMARTS) is 1. The van der Waals surface area contributed by atoms with Gasteiger partial charge in [-0.2, -0.15) is 0 Å². The van der Waals surface area contributed by atoms with Gasteiger partial charge >= 0.3 is 5.97 Å². The van der Waals surface area contributed by atoms with Crippen LogP contribution in [-0.2, 0) is 9.59 Å². The molecule has 2 rings (SSSR count). The molecule has 1 atom stereocenters. The zero-order valence-electron chi connectivity index (χ0n) is 18.0. The van der Waals surface area contributed by atoms with Gasteiger partial charge in [-0.1, -0.05) is 43.7 Å². The van der Waals surface area contributed by atoms with Gasteiger partial charge in [-0.3, -0.25) is 9.59 Å². The van der Waals surface area contributed by atoms with Crippen molar-refractivity contribution in [2.45, 2.75) is 51.5 Å². The number of nitrogens with one attached hydrogen (secondary N) is 1. The number of hydrogen-bond donors (Lipinski definition) is 2. The Morgan fingerprint density at radius 1 is 1.39 bits per heavy atom. The number of carboxylic acids is 1. The van der Waals surface area contributed by atoms with Crippen LogP contribution < -0.4 is 5.32 Å². The summed E-state index contributed by atoms with van der Waals surface area (Å²) in [7, 11) is 1.79. The molecule has 1 aliphatic carbocycles. The lowest BCUT2D eigenvalue weighted by molar-refractivity contribution is -0.137. The predicted octanol–water partition coefficient (Wildman–Crippen LogP) is 5.28. The molecule has 0 heterocycles. The van der Waals surface area contributed by atoms with Crippen molar-refractivity contribution in [2.75, 3.05) is 13.6 Å². The maximum absolute atomic E-state index is 13.5. The van der Waals surface area contributed by atoms with Crippen molar-refractivity contribution in [3.8, 4) is 0 Å². The largest absolute Gasteiger partial charge is 0.481 e. The summed E-state index contributed by atoms with van der Waals surface area (Å²) < 4.78 is 26.9. The zero-order chi connectivity index (χ0) is 23.2. The second-order valence-corrected chi connectivity index (χ2v) is 8.43. The molecule has 0 radical (unpaired) electrons. The van der Waals surface area contributed by atoms with Gasteiger partial charge < -0.3 is 15.3 Å². The topological polar surface area (TPSA) is 69.6 Å². The molecule has 1 unspecified atom stereocenters. The lowest BCUT2D eigenvalue weighted by atomic mass is 9.88. The first-order valence-electron chi connectivity index (χ1n) is 10.3. The van der Waals surface area contributed by atoms with Gasteiger partial charge in [0.05, 0.1) is 12.5 Å². The molecule has 0 bridgehead atoms. The first-order valence-corrected chi connectivity index (χ1v) is 10.6. The molecule has 31 heavy (non-hydrogen) atoms. The summed E-state index contributed by atoms with van der Waals surface area (Å²) in [5.74, 6) is -3.57. The number of carbonyl (C=O) groups is 2.